The Labute approximate surface area is 72.6 Å². The Hall–Kier alpha value is -0.890. The maximum atomic E-state index is 13.1. The van der Waals surface area contributed by atoms with Crippen molar-refractivity contribution in [2.75, 3.05) is 7.05 Å². The van der Waals surface area contributed by atoms with Gasteiger partial charge in [-0.15, -0.1) is 0 Å². The quantitative estimate of drug-likeness (QED) is 0.711. The van der Waals surface area contributed by atoms with E-state index >= 15 is 0 Å². The van der Waals surface area contributed by atoms with Crippen molar-refractivity contribution in [3.8, 4) is 0 Å². The number of hydrogen-bond acceptors (Lipinski definition) is 1. The first-order valence-corrected chi connectivity index (χ1v) is 4.05. The van der Waals surface area contributed by atoms with Gasteiger partial charge in [0.2, 0.25) is 0 Å². The van der Waals surface area contributed by atoms with E-state index in [4.69, 9.17) is 0 Å². The van der Waals surface area contributed by atoms with Gasteiger partial charge in [-0.3, -0.25) is 0 Å². The van der Waals surface area contributed by atoms with Gasteiger partial charge in [-0.05, 0) is 43.7 Å². The van der Waals surface area contributed by atoms with Gasteiger partial charge in [-0.2, -0.15) is 0 Å². The second-order valence-corrected chi connectivity index (χ2v) is 3.06. The normalized spacial score (nSPS) is 10.3. The molecule has 0 amide bonds. The molecule has 0 aliphatic rings. The summed E-state index contributed by atoms with van der Waals surface area (Å²) in [7, 11) is 1.86. The lowest BCUT2D eigenvalue weighted by atomic mass is 10.1. The van der Waals surface area contributed by atoms with E-state index in [2.05, 4.69) is 5.32 Å². The van der Waals surface area contributed by atoms with Crippen molar-refractivity contribution in [2.24, 2.45) is 0 Å². The molecule has 12 heavy (non-hydrogen) atoms. The van der Waals surface area contributed by atoms with Crippen LogP contribution in [0.2, 0.25) is 0 Å². The SMILES string of the molecule is CNCc1cc(C)cc(F)c1C. The van der Waals surface area contributed by atoms with Gasteiger partial charge in [-0.25, -0.2) is 4.39 Å². The standard InChI is InChI=1S/C10H14FN/c1-7-4-9(6-12-3)8(2)10(11)5-7/h4-5,12H,6H2,1-3H3. The van der Waals surface area contributed by atoms with E-state index in [0.717, 1.165) is 23.2 Å². The van der Waals surface area contributed by atoms with Crippen molar-refractivity contribution in [1.29, 1.82) is 0 Å². The molecule has 0 heterocycles. The first-order valence-electron chi connectivity index (χ1n) is 4.05. The van der Waals surface area contributed by atoms with Crippen molar-refractivity contribution in [3.05, 3.63) is 34.6 Å². The minimum absolute atomic E-state index is 0.111. The molecule has 0 aliphatic carbocycles. The van der Waals surface area contributed by atoms with E-state index in [1.807, 2.05) is 20.0 Å². The summed E-state index contributed by atoms with van der Waals surface area (Å²) in [4.78, 5) is 0. The highest BCUT2D eigenvalue weighted by molar-refractivity contribution is 5.31. The third-order valence-electron chi connectivity index (χ3n) is 1.96. The number of hydrogen-bond donors (Lipinski definition) is 1. The lowest BCUT2D eigenvalue weighted by Crippen LogP contribution is -2.07. The largest absolute Gasteiger partial charge is 0.316 e. The molecule has 0 saturated heterocycles. The van der Waals surface area contributed by atoms with E-state index in [1.165, 1.54) is 0 Å². The molecule has 1 aromatic carbocycles. The van der Waals surface area contributed by atoms with Crippen molar-refractivity contribution < 1.29 is 4.39 Å². The van der Waals surface area contributed by atoms with Gasteiger partial charge < -0.3 is 5.32 Å². The number of halogens is 1. The number of benzene rings is 1. The topological polar surface area (TPSA) is 12.0 Å². The summed E-state index contributed by atoms with van der Waals surface area (Å²) < 4.78 is 13.1. The summed E-state index contributed by atoms with van der Waals surface area (Å²) in [6.07, 6.45) is 0. The summed E-state index contributed by atoms with van der Waals surface area (Å²) in [6.45, 7) is 4.44. The van der Waals surface area contributed by atoms with Crippen LogP contribution in [-0.4, -0.2) is 7.05 Å². The highest BCUT2D eigenvalue weighted by atomic mass is 19.1. The first-order chi connectivity index (χ1) is 5.65. The summed E-state index contributed by atoms with van der Waals surface area (Å²) in [5.41, 5.74) is 2.76. The van der Waals surface area contributed by atoms with Crippen molar-refractivity contribution in [2.45, 2.75) is 20.4 Å². The highest BCUT2D eigenvalue weighted by Crippen LogP contribution is 2.14. The Bertz CT molecular complexity index is 281. The first kappa shape index (κ1) is 9.20. The van der Waals surface area contributed by atoms with Gasteiger partial charge in [0.1, 0.15) is 5.82 Å². The zero-order chi connectivity index (χ0) is 9.14. The molecule has 1 nitrogen and oxygen atoms in total. The van der Waals surface area contributed by atoms with Crippen molar-refractivity contribution in [1.82, 2.24) is 5.32 Å². The van der Waals surface area contributed by atoms with Gasteiger partial charge in [0.05, 0.1) is 0 Å². The smallest absolute Gasteiger partial charge is 0.126 e. The molecule has 0 saturated carbocycles. The fraction of sp³-hybridized carbons (Fsp3) is 0.400. The average molecular weight is 167 g/mol. The summed E-state index contributed by atoms with van der Waals surface area (Å²) >= 11 is 0. The predicted octanol–water partition coefficient (Wildman–Crippen LogP) is 2.16. The molecule has 1 rings (SSSR count). The monoisotopic (exact) mass is 167 g/mol. The average Bonchev–Trinajstić information content (AvgIpc) is 2.00. The van der Waals surface area contributed by atoms with Crippen LogP contribution in [0.4, 0.5) is 4.39 Å². The molecule has 0 unspecified atom stereocenters. The molecule has 66 valence electrons. The molecule has 1 N–H and O–H groups in total. The zero-order valence-electron chi connectivity index (χ0n) is 7.74. The van der Waals surface area contributed by atoms with Crippen LogP contribution >= 0.6 is 0 Å². The van der Waals surface area contributed by atoms with Gasteiger partial charge >= 0.3 is 0 Å². The van der Waals surface area contributed by atoms with E-state index in [-0.39, 0.29) is 5.82 Å². The molecule has 0 atom stereocenters. The lowest BCUT2D eigenvalue weighted by molar-refractivity contribution is 0.612. The number of aryl methyl sites for hydroxylation is 1. The minimum atomic E-state index is -0.111. The van der Waals surface area contributed by atoms with Crippen molar-refractivity contribution in [3.63, 3.8) is 0 Å². The highest BCUT2D eigenvalue weighted by Gasteiger charge is 2.03. The van der Waals surface area contributed by atoms with E-state index in [0.29, 0.717) is 0 Å². The molecule has 1 aromatic rings. The third kappa shape index (κ3) is 1.83. The lowest BCUT2D eigenvalue weighted by Gasteiger charge is -2.07. The maximum Gasteiger partial charge on any atom is 0.126 e. The molecular weight excluding hydrogens is 153 g/mol. The van der Waals surface area contributed by atoms with E-state index in [1.54, 1.807) is 13.0 Å². The van der Waals surface area contributed by atoms with E-state index < -0.39 is 0 Å². The van der Waals surface area contributed by atoms with E-state index in [9.17, 15) is 4.39 Å². The van der Waals surface area contributed by atoms with Crippen molar-refractivity contribution >= 4 is 0 Å². The van der Waals surface area contributed by atoms with Gasteiger partial charge in [0.15, 0.2) is 0 Å². The Morgan fingerprint density at radius 2 is 2.00 bits per heavy atom. The van der Waals surface area contributed by atoms with Crippen LogP contribution in [0.5, 0.6) is 0 Å². The molecular formula is C10H14FN. The molecule has 0 aliphatic heterocycles. The molecule has 0 bridgehead atoms. The number of rotatable bonds is 2. The van der Waals surface area contributed by atoms with Crippen LogP contribution in [0.3, 0.4) is 0 Å². The van der Waals surface area contributed by atoms with Crippen LogP contribution < -0.4 is 5.32 Å². The second kappa shape index (κ2) is 3.68. The summed E-state index contributed by atoms with van der Waals surface area (Å²) in [5, 5.41) is 3.01. The van der Waals surface area contributed by atoms with Crippen LogP contribution in [0, 0.1) is 19.7 Å². The Morgan fingerprint density at radius 1 is 1.33 bits per heavy atom. The van der Waals surface area contributed by atoms with Crippen LogP contribution in [0.1, 0.15) is 16.7 Å². The molecule has 0 fully saturated rings. The second-order valence-electron chi connectivity index (χ2n) is 3.06. The fourth-order valence-electron chi connectivity index (χ4n) is 1.26. The zero-order valence-corrected chi connectivity index (χ0v) is 7.74. The molecule has 0 radical (unpaired) electrons. The van der Waals surface area contributed by atoms with Gasteiger partial charge in [0, 0.05) is 6.54 Å². The van der Waals surface area contributed by atoms with Crippen LogP contribution in [0.25, 0.3) is 0 Å². The van der Waals surface area contributed by atoms with Gasteiger partial charge in [-0.1, -0.05) is 6.07 Å². The molecule has 2 heteroatoms. The van der Waals surface area contributed by atoms with Crippen LogP contribution in [0.15, 0.2) is 12.1 Å². The Balaban J connectivity index is 3.09. The van der Waals surface area contributed by atoms with Crippen LogP contribution in [-0.2, 0) is 6.54 Å². The maximum absolute atomic E-state index is 13.1. The minimum Gasteiger partial charge on any atom is -0.316 e. The molecule has 0 aromatic heterocycles. The molecule has 0 spiro atoms. The summed E-state index contributed by atoms with van der Waals surface area (Å²) in [5.74, 6) is -0.111. The fourth-order valence-corrected chi connectivity index (χ4v) is 1.26. The third-order valence-corrected chi connectivity index (χ3v) is 1.96. The Kier molecular flexibility index (Phi) is 2.82. The number of nitrogens with one attached hydrogen (secondary N) is 1. The Morgan fingerprint density at radius 3 is 2.58 bits per heavy atom. The van der Waals surface area contributed by atoms with Gasteiger partial charge in [0.25, 0.3) is 0 Å². The predicted molar refractivity (Wildman–Crippen MR) is 48.6 cm³/mol. The summed E-state index contributed by atoms with van der Waals surface area (Å²) in [6, 6.07) is 3.57.